The Bertz CT molecular complexity index is 743. The molecule has 0 fully saturated rings. The fraction of sp³-hybridized carbons (Fsp3) is 0.333. The Morgan fingerprint density at radius 2 is 1.40 bits per heavy atom. The molecule has 0 aliphatic heterocycles. The largest absolute Gasteiger partial charge is 0.350 e. The third-order valence-electron chi connectivity index (χ3n) is 3.99. The van der Waals surface area contributed by atoms with Gasteiger partial charge >= 0.3 is 0 Å². The predicted molar refractivity (Wildman–Crippen MR) is 101 cm³/mol. The molecule has 0 bridgehead atoms. The summed E-state index contributed by atoms with van der Waals surface area (Å²) in [6.07, 6.45) is 0. The van der Waals surface area contributed by atoms with Gasteiger partial charge in [0.15, 0.2) is 0 Å². The van der Waals surface area contributed by atoms with Gasteiger partial charge in [-0.1, -0.05) is 50.6 Å². The van der Waals surface area contributed by atoms with Gasteiger partial charge in [-0.2, -0.15) is 0 Å². The number of aryl methyl sites for hydroxylation is 1. The summed E-state index contributed by atoms with van der Waals surface area (Å²) >= 11 is 0. The monoisotopic (exact) mass is 338 g/mol. The molecule has 0 saturated heterocycles. The lowest BCUT2D eigenvalue weighted by Crippen LogP contribution is -2.34. The second-order valence-corrected chi connectivity index (χ2v) is 7.21. The molecule has 2 rings (SSSR count). The van der Waals surface area contributed by atoms with Gasteiger partial charge < -0.3 is 10.6 Å². The van der Waals surface area contributed by atoms with Crippen molar-refractivity contribution in [1.29, 1.82) is 0 Å². The summed E-state index contributed by atoms with van der Waals surface area (Å²) in [5, 5.41) is 5.63. The first kappa shape index (κ1) is 18.7. The SMILES string of the molecule is Cc1cccc(C(=O)NCCNC(=O)c2ccc(C(C)(C)C)cc2)c1. The number of carbonyl (C=O) groups excluding carboxylic acids is 2. The molecule has 0 radical (unpaired) electrons. The number of carbonyl (C=O) groups is 2. The highest BCUT2D eigenvalue weighted by atomic mass is 16.2. The lowest BCUT2D eigenvalue weighted by molar-refractivity contribution is 0.0927. The standard InChI is InChI=1S/C21H26N2O2/c1-15-6-5-7-17(14-15)20(25)23-13-12-22-19(24)16-8-10-18(11-9-16)21(2,3)4/h5-11,14H,12-13H2,1-4H3,(H,22,24)(H,23,25). The van der Waals surface area contributed by atoms with Crippen LogP contribution < -0.4 is 10.6 Å². The van der Waals surface area contributed by atoms with Crippen LogP contribution in [0, 0.1) is 6.92 Å². The smallest absolute Gasteiger partial charge is 0.251 e. The van der Waals surface area contributed by atoms with Crippen LogP contribution in [0.2, 0.25) is 0 Å². The van der Waals surface area contributed by atoms with Crippen molar-refractivity contribution in [2.45, 2.75) is 33.1 Å². The Balaban J connectivity index is 1.79. The summed E-state index contributed by atoms with van der Waals surface area (Å²) in [5.74, 6) is -0.266. The first-order chi connectivity index (χ1) is 11.8. The van der Waals surface area contributed by atoms with E-state index in [-0.39, 0.29) is 17.2 Å². The zero-order valence-electron chi connectivity index (χ0n) is 15.3. The minimum absolute atomic E-state index is 0.0646. The van der Waals surface area contributed by atoms with Gasteiger partial charge in [0.05, 0.1) is 0 Å². The molecule has 0 unspecified atom stereocenters. The lowest BCUT2D eigenvalue weighted by Gasteiger charge is -2.19. The third kappa shape index (κ3) is 5.45. The van der Waals surface area contributed by atoms with E-state index in [0.717, 1.165) is 5.56 Å². The van der Waals surface area contributed by atoms with E-state index >= 15 is 0 Å². The molecule has 0 aliphatic rings. The summed E-state index contributed by atoms with van der Waals surface area (Å²) in [5.41, 5.74) is 3.55. The molecule has 4 heteroatoms. The second-order valence-electron chi connectivity index (χ2n) is 7.21. The van der Waals surface area contributed by atoms with Crippen LogP contribution >= 0.6 is 0 Å². The molecule has 2 aromatic carbocycles. The molecule has 2 N–H and O–H groups in total. The van der Waals surface area contributed by atoms with Crippen molar-refractivity contribution in [3.05, 3.63) is 70.8 Å². The predicted octanol–water partition coefficient (Wildman–Crippen LogP) is 3.45. The van der Waals surface area contributed by atoms with Crippen molar-refractivity contribution in [2.24, 2.45) is 0 Å². The van der Waals surface area contributed by atoms with E-state index in [4.69, 9.17) is 0 Å². The lowest BCUT2D eigenvalue weighted by atomic mass is 9.87. The number of benzene rings is 2. The van der Waals surface area contributed by atoms with Crippen LogP contribution in [0.4, 0.5) is 0 Å². The Morgan fingerprint density at radius 3 is 1.92 bits per heavy atom. The van der Waals surface area contributed by atoms with E-state index in [1.807, 2.05) is 49.4 Å². The van der Waals surface area contributed by atoms with Crippen molar-refractivity contribution in [3.8, 4) is 0 Å². The molecule has 2 amide bonds. The highest BCUT2D eigenvalue weighted by Crippen LogP contribution is 2.22. The van der Waals surface area contributed by atoms with E-state index in [1.54, 1.807) is 6.07 Å². The normalized spacial score (nSPS) is 11.0. The highest BCUT2D eigenvalue weighted by Gasteiger charge is 2.14. The van der Waals surface area contributed by atoms with Crippen LogP contribution in [0.25, 0.3) is 0 Å². The maximum Gasteiger partial charge on any atom is 0.251 e. The number of hydrogen-bond donors (Lipinski definition) is 2. The molecular weight excluding hydrogens is 312 g/mol. The number of rotatable bonds is 5. The van der Waals surface area contributed by atoms with Crippen molar-refractivity contribution in [2.75, 3.05) is 13.1 Å². The molecule has 2 aromatic rings. The van der Waals surface area contributed by atoms with E-state index in [0.29, 0.717) is 24.2 Å². The maximum absolute atomic E-state index is 12.1. The van der Waals surface area contributed by atoms with E-state index in [9.17, 15) is 9.59 Å². The van der Waals surface area contributed by atoms with Crippen LogP contribution in [0.1, 0.15) is 52.6 Å². The van der Waals surface area contributed by atoms with Gasteiger partial charge in [0.25, 0.3) is 11.8 Å². The van der Waals surface area contributed by atoms with E-state index in [1.165, 1.54) is 5.56 Å². The Kier molecular flexibility index (Phi) is 5.97. The van der Waals surface area contributed by atoms with Crippen molar-refractivity contribution in [1.82, 2.24) is 10.6 Å². The summed E-state index contributed by atoms with van der Waals surface area (Å²) in [4.78, 5) is 24.2. The third-order valence-corrected chi connectivity index (χ3v) is 3.99. The second kappa shape index (κ2) is 7.97. The fourth-order valence-electron chi connectivity index (χ4n) is 2.46. The molecule has 0 atom stereocenters. The molecule has 0 saturated carbocycles. The van der Waals surface area contributed by atoms with Crippen LogP contribution in [0.5, 0.6) is 0 Å². The highest BCUT2D eigenvalue weighted by molar-refractivity contribution is 5.95. The van der Waals surface area contributed by atoms with Gasteiger partial charge in [-0.3, -0.25) is 9.59 Å². The van der Waals surface area contributed by atoms with Gasteiger partial charge in [-0.05, 0) is 42.2 Å². The van der Waals surface area contributed by atoms with Crippen LogP contribution in [-0.4, -0.2) is 24.9 Å². The van der Waals surface area contributed by atoms with Crippen LogP contribution in [-0.2, 0) is 5.41 Å². The minimum atomic E-state index is -0.134. The van der Waals surface area contributed by atoms with Gasteiger partial charge in [-0.25, -0.2) is 0 Å². The van der Waals surface area contributed by atoms with E-state index in [2.05, 4.69) is 31.4 Å². The molecule has 0 aromatic heterocycles. The Morgan fingerprint density at radius 1 is 0.840 bits per heavy atom. The van der Waals surface area contributed by atoms with Gasteiger partial charge in [0.1, 0.15) is 0 Å². The first-order valence-corrected chi connectivity index (χ1v) is 8.51. The average molecular weight is 338 g/mol. The summed E-state index contributed by atoms with van der Waals surface area (Å²) in [6.45, 7) is 9.13. The zero-order valence-corrected chi connectivity index (χ0v) is 15.3. The van der Waals surface area contributed by atoms with Crippen molar-refractivity contribution >= 4 is 11.8 Å². The fourth-order valence-corrected chi connectivity index (χ4v) is 2.46. The Hall–Kier alpha value is -2.62. The van der Waals surface area contributed by atoms with Crippen LogP contribution in [0.15, 0.2) is 48.5 Å². The summed E-state index contributed by atoms with van der Waals surface area (Å²) in [6, 6.07) is 15.0. The summed E-state index contributed by atoms with van der Waals surface area (Å²) in [7, 11) is 0. The molecular formula is C21H26N2O2. The molecule has 0 spiro atoms. The summed E-state index contributed by atoms with van der Waals surface area (Å²) < 4.78 is 0. The van der Waals surface area contributed by atoms with Gasteiger partial charge in [-0.15, -0.1) is 0 Å². The molecule has 0 aliphatic carbocycles. The molecule has 25 heavy (non-hydrogen) atoms. The molecule has 0 heterocycles. The van der Waals surface area contributed by atoms with E-state index < -0.39 is 0 Å². The minimum Gasteiger partial charge on any atom is -0.350 e. The number of nitrogens with one attached hydrogen (secondary N) is 2. The first-order valence-electron chi connectivity index (χ1n) is 8.51. The Labute approximate surface area is 149 Å². The number of amides is 2. The van der Waals surface area contributed by atoms with Crippen molar-refractivity contribution < 1.29 is 9.59 Å². The molecule has 132 valence electrons. The van der Waals surface area contributed by atoms with Crippen molar-refractivity contribution in [3.63, 3.8) is 0 Å². The quantitative estimate of drug-likeness (QED) is 0.820. The molecule has 4 nitrogen and oxygen atoms in total. The maximum atomic E-state index is 12.1. The average Bonchev–Trinajstić information content (AvgIpc) is 2.57. The number of hydrogen-bond acceptors (Lipinski definition) is 2. The van der Waals surface area contributed by atoms with Gasteiger partial charge in [0, 0.05) is 24.2 Å². The topological polar surface area (TPSA) is 58.2 Å². The zero-order chi connectivity index (χ0) is 18.4. The van der Waals surface area contributed by atoms with Crippen LogP contribution in [0.3, 0.4) is 0 Å². The van der Waals surface area contributed by atoms with Gasteiger partial charge in [0.2, 0.25) is 0 Å².